The van der Waals surface area contributed by atoms with Gasteiger partial charge >= 0.3 is 0 Å². The fraction of sp³-hybridized carbons (Fsp3) is 0.786. The maximum Gasteiger partial charge on any atom is 0.243 e. The molecule has 0 spiro atoms. The van der Waals surface area contributed by atoms with Gasteiger partial charge in [-0.25, -0.2) is 0 Å². The van der Waals surface area contributed by atoms with Gasteiger partial charge in [-0.1, -0.05) is 0 Å². The van der Waals surface area contributed by atoms with Crippen molar-refractivity contribution in [2.75, 3.05) is 19.6 Å². The Hall–Kier alpha value is -1.67. The first-order chi connectivity index (χ1) is 10.4. The van der Waals surface area contributed by atoms with Crippen molar-refractivity contribution in [2.24, 2.45) is 11.7 Å². The van der Waals surface area contributed by atoms with Crippen LogP contribution < -0.4 is 16.4 Å². The number of nitrogens with zero attached hydrogens (tertiary/aromatic N) is 1. The van der Waals surface area contributed by atoms with Crippen LogP contribution in [0, 0.1) is 5.92 Å². The predicted molar refractivity (Wildman–Crippen MR) is 78.5 cm³/mol. The van der Waals surface area contributed by atoms with Crippen molar-refractivity contribution in [2.45, 2.75) is 44.4 Å². The number of likely N-dealkylation sites (tertiary alicyclic amines) is 1. The minimum Gasteiger partial charge on any atom is -0.391 e. The van der Waals surface area contributed by atoms with E-state index in [9.17, 15) is 19.5 Å². The quantitative estimate of drug-likeness (QED) is 0.464. The molecule has 2 aliphatic rings. The first kappa shape index (κ1) is 16.7. The highest BCUT2D eigenvalue weighted by Crippen LogP contribution is 2.22. The Morgan fingerprint density at radius 3 is 2.64 bits per heavy atom. The molecule has 8 heteroatoms. The van der Waals surface area contributed by atoms with Crippen LogP contribution in [0.3, 0.4) is 0 Å². The summed E-state index contributed by atoms with van der Waals surface area (Å²) in [6.07, 6.45) is 1.01. The monoisotopic (exact) mass is 312 g/mol. The highest BCUT2D eigenvalue weighted by molar-refractivity contribution is 5.92. The lowest BCUT2D eigenvalue weighted by molar-refractivity contribution is -0.142. The third-order valence-corrected chi connectivity index (χ3v) is 4.33. The van der Waals surface area contributed by atoms with E-state index in [1.54, 1.807) is 4.90 Å². The van der Waals surface area contributed by atoms with Crippen LogP contribution in [0.25, 0.3) is 0 Å². The third kappa shape index (κ3) is 3.56. The molecule has 2 rings (SSSR count). The van der Waals surface area contributed by atoms with Gasteiger partial charge in [0.1, 0.15) is 12.1 Å². The van der Waals surface area contributed by atoms with Gasteiger partial charge in [-0.3, -0.25) is 14.4 Å². The number of primary amides is 1. The Morgan fingerprint density at radius 2 is 2.09 bits per heavy atom. The Balaban J connectivity index is 2.01. The van der Waals surface area contributed by atoms with Crippen molar-refractivity contribution < 1.29 is 19.5 Å². The minimum absolute atomic E-state index is 0.0182. The fourth-order valence-corrected chi connectivity index (χ4v) is 3.08. The van der Waals surface area contributed by atoms with Gasteiger partial charge in [-0.15, -0.1) is 0 Å². The molecule has 8 nitrogen and oxygen atoms in total. The second kappa shape index (κ2) is 7.06. The minimum atomic E-state index is -1.14. The van der Waals surface area contributed by atoms with E-state index in [-0.39, 0.29) is 11.8 Å². The van der Waals surface area contributed by atoms with Crippen LogP contribution in [-0.4, -0.2) is 65.5 Å². The molecule has 0 aromatic heterocycles. The van der Waals surface area contributed by atoms with Gasteiger partial charge in [0.15, 0.2) is 0 Å². The number of carbonyl (C=O) groups excluding carboxylic acids is 3. The van der Waals surface area contributed by atoms with Gasteiger partial charge in [0.05, 0.1) is 12.0 Å². The second-order valence-corrected chi connectivity index (χ2v) is 6.01. The smallest absolute Gasteiger partial charge is 0.243 e. The molecule has 0 bridgehead atoms. The zero-order valence-electron chi connectivity index (χ0n) is 12.7. The highest BCUT2D eigenvalue weighted by atomic mass is 16.3. The van der Waals surface area contributed by atoms with E-state index in [1.165, 1.54) is 6.92 Å². The molecule has 3 amide bonds. The zero-order chi connectivity index (χ0) is 16.3. The van der Waals surface area contributed by atoms with Crippen LogP contribution in [0.15, 0.2) is 0 Å². The Labute approximate surface area is 129 Å². The summed E-state index contributed by atoms with van der Waals surface area (Å²) in [7, 11) is 0. The molecule has 0 aromatic rings. The Kier molecular flexibility index (Phi) is 5.36. The van der Waals surface area contributed by atoms with E-state index >= 15 is 0 Å². The van der Waals surface area contributed by atoms with E-state index in [0.717, 1.165) is 19.4 Å². The van der Waals surface area contributed by atoms with Crippen LogP contribution in [0.4, 0.5) is 0 Å². The normalized spacial score (nSPS) is 27.5. The molecule has 124 valence electrons. The molecular weight excluding hydrogens is 288 g/mol. The number of nitrogens with one attached hydrogen (secondary N) is 2. The van der Waals surface area contributed by atoms with Crippen molar-refractivity contribution in [3.63, 3.8) is 0 Å². The number of aliphatic hydroxyl groups is 1. The Morgan fingerprint density at radius 1 is 1.36 bits per heavy atom. The summed E-state index contributed by atoms with van der Waals surface area (Å²) < 4.78 is 0. The predicted octanol–water partition coefficient (Wildman–Crippen LogP) is -2.06. The van der Waals surface area contributed by atoms with Gasteiger partial charge in [-0.05, 0) is 32.7 Å². The molecule has 0 unspecified atom stereocenters. The Bertz CT molecular complexity index is 448. The van der Waals surface area contributed by atoms with E-state index in [4.69, 9.17) is 5.73 Å². The average molecular weight is 312 g/mol. The molecule has 2 fully saturated rings. The molecule has 22 heavy (non-hydrogen) atoms. The van der Waals surface area contributed by atoms with Crippen molar-refractivity contribution in [3.8, 4) is 0 Å². The van der Waals surface area contributed by atoms with Gasteiger partial charge in [0, 0.05) is 13.1 Å². The molecule has 0 saturated carbocycles. The number of hydrogen-bond acceptors (Lipinski definition) is 5. The summed E-state index contributed by atoms with van der Waals surface area (Å²) in [5.74, 6) is -1.33. The van der Waals surface area contributed by atoms with Gasteiger partial charge in [0.25, 0.3) is 0 Å². The van der Waals surface area contributed by atoms with E-state index < -0.39 is 30.0 Å². The summed E-state index contributed by atoms with van der Waals surface area (Å²) in [6.45, 7) is 3.38. The third-order valence-electron chi connectivity index (χ3n) is 4.33. The number of aliphatic hydroxyl groups excluding tert-OH is 1. The topological polar surface area (TPSA) is 125 Å². The lowest BCUT2D eigenvalue weighted by atomic mass is 10.1. The molecular formula is C14H24N4O4. The van der Waals surface area contributed by atoms with Crippen LogP contribution >= 0.6 is 0 Å². The number of nitrogens with two attached hydrogens (primary N) is 1. The van der Waals surface area contributed by atoms with Crippen LogP contribution in [0.1, 0.15) is 26.2 Å². The summed E-state index contributed by atoms with van der Waals surface area (Å²) >= 11 is 0. The van der Waals surface area contributed by atoms with E-state index in [2.05, 4.69) is 10.6 Å². The number of amides is 3. The summed E-state index contributed by atoms with van der Waals surface area (Å²) in [6, 6.07) is -1.73. The molecule has 2 aliphatic heterocycles. The zero-order valence-corrected chi connectivity index (χ0v) is 12.7. The highest BCUT2D eigenvalue weighted by Gasteiger charge is 2.39. The lowest BCUT2D eigenvalue weighted by Crippen LogP contribution is -2.56. The number of carbonyl (C=O) groups is 3. The van der Waals surface area contributed by atoms with Gasteiger partial charge < -0.3 is 26.4 Å². The van der Waals surface area contributed by atoms with Crippen LogP contribution in [-0.2, 0) is 14.4 Å². The van der Waals surface area contributed by atoms with Crippen molar-refractivity contribution >= 4 is 17.7 Å². The molecule has 0 aromatic carbocycles. The van der Waals surface area contributed by atoms with Gasteiger partial charge in [0.2, 0.25) is 17.7 Å². The lowest BCUT2D eigenvalue weighted by Gasteiger charge is -2.28. The van der Waals surface area contributed by atoms with Crippen molar-refractivity contribution in [3.05, 3.63) is 0 Å². The fourth-order valence-electron chi connectivity index (χ4n) is 3.08. The molecule has 4 atom stereocenters. The number of rotatable bonds is 5. The molecule has 0 aliphatic carbocycles. The molecule has 5 N–H and O–H groups in total. The summed E-state index contributed by atoms with van der Waals surface area (Å²) in [5, 5.41) is 15.1. The summed E-state index contributed by atoms with van der Waals surface area (Å²) in [4.78, 5) is 37.7. The largest absolute Gasteiger partial charge is 0.391 e. The summed E-state index contributed by atoms with van der Waals surface area (Å²) in [5.41, 5.74) is 5.18. The maximum absolute atomic E-state index is 12.5. The van der Waals surface area contributed by atoms with E-state index in [0.29, 0.717) is 19.5 Å². The second-order valence-electron chi connectivity index (χ2n) is 6.01. The first-order valence-electron chi connectivity index (χ1n) is 7.70. The maximum atomic E-state index is 12.5. The molecule has 2 saturated heterocycles. The van der Waals surface area contributed by atoms with Crippen molar-refractivity contribution in [1.29, 1.82) is 0 Å². The van der Waals surface area contributed by atoms with Crippen molar-refractivity contribution in [1.82, 2.24) is 15.5 Å². The van der Waals surface area contributed by atoms with Crippen LogP contribution in [0.5, 0.6) is 0 Å². The molecule has 0 radical (unpaired) electrons. The molecule has 2 heterocycles. The average Bonchev–Trinajstić information content (AvgIpc) is 3.13. The van der Waals surface area contributed by atoms with E-state index in [1.807, 2.05) is 0 Å². The number of hydrogen-bond donors (Lipinski definition) is 4. The van der Waals surface area contributed by atoms with Crippen LogP contribution in [0.2, 0.25) is 0 Å². The SMILES string of the molecule is C[C@@H](O)[C@H](NC(=O)[C@@H]1CCCN1C(=O)[C@H]1CCNC1)C(N)=O. The van der Waals surface area contributed by atoms with Gasteiger partial charge in [-0.2, -0.15) is 0 Å². The first-order valence-corrected chi connectivity index (χ1v) is 7.70. The standard InChI is InChI=1S/C14H24N4O4/c1-8(19)11(12(15)20)17-13(21)10-3-2-6-18(10)14(22)9-4-5-16-7-9/h8-11,16,19H,2-7H2,1H3,(H2,15,20)(H,17,21)/t8-,9+,10+,11+/m1/s1.